The fourth-order valence-electron chi connectivity index (χ4n) is 2.13. The molecule has 0 bridgehead atoms. The van der Waals surface area contributed by atoms with Gasteiger partial charge in [0.2, 0.25) is 0 Å². The van der Waals surface area contributed by atoms with E-state index in [1.807, 2.05) is 31.2 Å². The van der Waals surface area contributed by atoms with Gasteiger partial charge in [0.15, 0.2) is 0 Å². The number of nitrogen functional groups attached to an aromatic ring is 1. The molecular weight excluding hydrogens is 252 g/mol. The second kappa shape index (κ2) is 4.77. The van der Waals surface area contributed by atoms with Crippen LogP contribution in [0.2, 0.25) is 0 Å². The van der Waals surface area contributed by atoms with E-state index in [-0.39, 0.29) is 11.2 Å². The minimum Gasteiger partial charge on any atom is -0.394 e. The highest BCUT2D eigenvalue weighted by Gasteiger charge is 2.07. The predicted octanol–water partition coefficient (Wildman–Crippen LogP) is 2.06. The van der Waals surface area contributed by atoms with E-state index < -0.39 is 0 Å². The molecule has 5 heteroatoms. The third-order valence-electron chi connectivity index (χ3n) is 3.20. The lowest BCUT2D eigenvalue weighted by Crippen LogP contribution is -2.21. The molecule has 2 N–H and O–H groups in total. The first-order valence-corrected chi connectivity index (χ1v) is 6.41. The fraction of sp³-hybridized carbons (Fsp3) is 0.133. The molecule has 100 valence electrons. The van der Waals surface area contributed by atoms with Crippen LogP contribution in [-0.2, 0) is 6.54 Å². The van der Waals surface area contributed by atoms with Crippen molar-refractivity contribution in [3.8, 4) is 11.3 Å². The maximum atomic E-state index is 11.8. The van der Waals surface area contributed by atoms with Crippen LogP contribution in [0.15, 0.2) is 47.5 Å². The molecule has 3 rings (SSSR count). The summed E-state index contributed by atoms with van der Waals surface area (Å²) >= 11 is 0. The number of anilines is 1. The van der Waals surface area contributed by atoms with E-state index >= 15 is 0 Å². The Morgan fingerprint density at radius 3 is 2.75 bits per heavy atom. The van der Waals surface area contributed by atoms with E-state index in [9.17, 15) is 4.79 Å². The molecule has 0 atom stereocenters. The van der Waals surface area contributed by atoms with E-state index in [1.54, 1.807) is 23.0 Å². The predicted molar refractivity (Wildman–Crippen MR) is 79.3 cm³/mol. The lowest BCUT2D eigenvalue weighted by molar-refractivity contribution is 0.730. The zero-order valence-corrected chi connectivity index (χ0v) is 11.1. The van der Waals surface area contributed by atoms with Gasteiger partial charge >= 0.3 is 0 Å². The molecule has 2 aromatic heterocycles. The maximum Gasteiger partial charge on any atom is 0.273 e. The van der Waals surface area contributed by atoms with Gasteiger partial charge in [-0.05, 0) is 25.1 Å². The highest BCUT2D eigenvalue weighted by Crippen LogP contribution is 2.19. The summed E-state index contributed by atoms with van der Waals surface area (Å²) in [6, 6.07) is 9.31. The van der Waals surface area contributed by atoms with Crippen LogP contribution in [0.25, 0.3) is 22.3 Å². The van der Waals surface area contributed by atoms with Crippen molar-refractivity contribution >= 4 is 16.7 Å². The van der Waals surface area contributed by atoms with E-state index in [4.69, 9.17) is 5.73 Å². The van der Waals surface area contributed by atoms with Gasteiger partial charge in [0.1, 0.15) is 0 Å². The van der Waals surface area contributed by atoms with Gasteiger partial charge in [-0.1, -0.05) is 12.1 Å². The minimum absolute atomic E-state index is 0.176. The van der Waals surface area contributed by atoms with Crippen molar-refractivity contribution < 1.29 is 0 Å². The van der Waals surface area contributed by atoms with Crippen LogP contribution < -0.4 is 11.3 Å². The van der Waals surface area contributed by atoms with Crippen LogP contribution in [0.3, 0.4) is 0 Å². The zero-order valence-electron chi connectivity index (χ0n) is 11.1. The molecule has 2 heterocycles. The molecule has 0 unspecified atom stereocenters. The molecule has 0 radical (unpaired) electrons. The number of nitrogens with two attached hydrogens (primary N) is 1. The number of hydrogen-bond acceptors (Lipinski definition) is 4. The van der Waals surface area contributed by atoms with Crippen LogP contribution in [0, 0.1) is 0 Å². The van der Waals surface area contributed by atoms with Gasteiger partial charge in [0.05, 0.1) is 28.6 Å². The number of aromatic nitrogens is 3. The van der Waals surface area contributed by atoms with Crippen LogP contribution in [-0.4, -0.2) is 14.5 Å². The Labute approximate surface area is 115 Å². The van der Waals surface area contributed by atoms with Crippen molar-refractivity contribution in [2.45, 2.75) is 13.5 Å². The Hall–Kier alpha value is -2.69. The molecule has 0 aliphatic heterocycles. The molecule has 0 spiro atoms. The molecule has 0 amide bonds. The number of fused-ring (bicyclic) bond motifs is 1. The molecule has 3 aromatic rings. The summed E-state index contributed by atoms with van der Waals surface area (Å²) in [5.74, 6) is 0. The Kier molecular flexibility index (Phi) is 2.95. The van der Waals surface area contributed by atoms with Crippen LogP contribution >= 0.6 is 0 Å². The summed E-state index contributed by atoms with van der Waals surface area (Å²) in [5.41, 5.74) is 8.97. The third kappa shape index (κ3) is 2.03. The van der Waals surface area contributed by atoms with Crippen molar-refractivity contribution in [1.29, 1.82) is 0 Å². The van der Waals surface area contributed by atoms with Crippen LogP contribution in [0.1, 0.15) is 6.92 Å². The molecule has 20 heavy (non-hydrogen) atoms. The number of para-hydroxylation sites is 2. The van der Waals surface area contributed by atoms with Crippen molar-refractivity contribution in [3.63, 3.8) is 0 Å². The molecule has 0 saturated heterocycles. The summed E-state index contributed by atoms with van der Waals surface area (Å²) in [6.07, 6.45) is 3.46. The first kappa shape index (κ1) is 12.3. The smallest absolute Gasteiger partial charge is 0.273 e. The number of pyridine rings is 1. The number of aryl methyl sites for hydroxylation is 1. The Morgan fingerprint density at radius 1 is 1.25 bits per heavy atom. The highest BCUT2D eigenvalue weighted by atomic mass is 16.1. The molecule has 1 aromatic carbocycles. The maximum absolute atomic E-state index is 11.8. The summed E-state index contributed by atoms with van der Waals surface area (Å²) in [6.45, 7) is 2.47. The number of rotatable bonds is 2. The number of nitrogens with zero attached hydrogens (tertiary/aromatic N) is 3. The summed E-state index contributed by atoms with van der Waals surface area (Å²) in [4.78, 5) is 20.7. The monoisotopic (exact) mass is 266 g/mol. The summed E-state index contributed by atoms with van der Waals surface area (Å²) in [5, 5.41) is 0. The zero-order chi connectivity index (χ0) is 14.1. The number of benzene rings is 1. The third-order valence-corrected chi connectivity index (χ3v) is 3.20. The van der Waals surface area contributed by atoms with Gasteiger partial charge in [-0.15, -0.1) is 0 Å². The lowest BCUT2D eigenvalue weighted by atomic mass is 10.2. The fourth-order valence-corrected chi connectivity index (χ4v) is 2.13. The van der Waals surface area contributed by atoms with E-state index in [1.165, 1.54) is 0 Å². The molecule has 0 aliphatic rings. The van der Waals surface area contributed by atoms with E-state index in [0.717, 1.165) is 16.6 Å². The molecular formula is C15H14N4O. The van der Waals surface area contributed by atoms with Gasteiger partial charge in [-0.2, -0.15) is 0 Å². The van der Waals surface area contributed by atoms with Crippen molar-refractivity contribution in [2.75, 3.05) is 5.73 Å². The van der Waals surface area contributed by atoms with E-state index in [0.29, 0.717) is 12.2 Å². The molecule has 0 saturated carbocycles. The van der Waals surface area contributed by atoms with Crippen molar-refractivity contribution in [1.82, 2.24) is 14.5 Å². The molecule has 5 nitrogen and oxygen atoms in total. The average Bonchev–Trinajstić information content (AvgIpc) is 2.49. The van der Waals surface area contributed by atoms with Gasteiger partial charge in [0, 0.05) is 18.3 Å². The van der Waals surface area contributed by atoms with Crippen molar-refractivity contribution in [3.05, 3.63) is 53.1 Å². The van der Waals surface area contributed by atoms with Crippen molar-refractivity contribution in [2.24, 2.45) is 0 Å². The molecule has 0 aliphatic carbocycles. The lowest BCUT2D eigenvalue weighted by Gasteiger charge is -2.08. The Morgan fingerprint density at radius 2 is 2.00 bits per heavy atom. The standard InChI is InChI=1S/C15H14N4O/c1-2-19-9-10(7-11(16)15(19)20)14-8-17-12-5-3-4-6-13(12)18-14/h3-9H,2,16H2,1H3. The van der Waals surface area contributed by atoms with Gasteiger partial charge in [-0.25, -0.2) is 4.98 Å². The first-order chi connectivity index (χ1) is 9.69. The highest BCUT2D eigenvalue weighted by molar-refractivity contribution is 5.77. The Bertz CT molecular complexity index is 839. The minimum atomic E-state index is -0.176. The summed E-state index contributed by atoms with van der Waals surface area (Å²) < 4.78 is 1.57. The quantitative estimate of drug-likeness (QED) is 0.770. The number of hydrogen-bond donors (Lipinski definition) is 1. The van der Waals surface area contributed by atoms with Crippen LogP contribution in [0.5, 0.6) is 0 Å². The molecule has 0 fully saturated rings. The SMILES string of the molecule is CCn1cc(-c2cnc3ccccc3n2)cc(N)c1=O. The van der Waals surface area contributed by atoms with E-state index in [2.05, 4.69) is 9.97 Å². The Balaban J connectivity index is 2.20. The second-order valence-electron chi connectivity index (χ2n) is 4.52. The average molecular weight is 266 g/mol. The topological polar surface area (TPSA) is 73.8 Å². The normalized spacial score (nSPS) is 10.8. The first-order valence-electron chi connectivity index (χ1n) is 6.41. The van der Waals surface area contributed by atoms with Gasteiger partial charge in [0.25, 0.3) is 5.56 Å². The second-order valence-corrected chi connectivity index (χ2v) is 4.52. The van der Waals surface area contributed by atoms with Gasteiger partial charge < -0.3 is 10.3 Å². The summed E-state index contributed by atoms with van der Waals surface area (Å²) in [7, 11) is 0. The van der Waals surface area contributed by atoms with Gasteiger partial charge in [-0.3, -0.25) is 9.78 Å². The largest absolute Gasteiger partial charge is 0.394 e. The van der Waals surface area contributed by atoms with Crippen LogP contribution in [0.4, 0.5) is 5.69 Å².